The van der Waals surface area contributed by atoms with E-state index in [0.717, 1.165) is 24.7 Å². The van der Waals surface area contributed by atoms with Crippen molar-refractivity contribution in [2.45, 2.75) is 12.8 Å². The molecule has 2 aromatic rings. The van der Waals surface area contributed by atoms with Crippen LogP contribution in [0.25, 0.3) is 0 Å². The third kappa shape index (κ3) is 3.27. The molecular formula is C12H13FN4O2. The minimum absolute atomic E-state index is 0.199. The number of nitrogens with one attached hydrogen (secondary N) is 2. The SMILES string of the molecule is O=[N+]([O-])c1c(F)cccc1NCCCc1ncc[nH]1. The van der Waals surface area contributed by atoms with Crippen LogP contribution in [0.5, 0.6) is 0 Å². The zero-order valence-corrected chi connectivity index (χ0v) is 10.1. The van der Waals surface area contributed by atoms with E-state index >= 15 is 0 Å². The molecule has 2 N–H and O–H groups in total. The zero-order valence-electron chi connectivity index (χ0n) is 10.1. The van der Waals surface area contributed by atoms with Crippen molar-refractivity contribution in [2.24, 2.45) is 0 Å². The number of hydrogen-bond donors (Lipinski definition) is 2. The van der Waals surface area contributed by atoms with Crippen LogP contribution in [0, 0.1) is 15.9 Å². The molecule has 6 nitrogen and oxygen atoms in total. The summed E-state index contributed by atoms with van der Waals surface area (Å²) in [5, 5.41) is 13.6. The van der Waals surface area contributed by atoms with Gasteiger partial charge in [-0.1, -0.05) is 6.07 Å². The van der Waals surface area contributed by atoms with Crippen molar-refractivity contribution in [1.82, 2.24) is 9.97 Å². The third-order valence-electron chi connectivity index (χ3n) is 2.63. The summed E-state index contributed by atoms with van der Waals surface area (Å²) in [5.74, 6) is 0.0246. The number of rotatable bonds is 6. The van der Waals surface area contributed by atoms with E-state index < -0.39 is 16.4 Å². The number of aromatic amines is 1. The highest BCUT2D eigenvalue weighted by molar-refractivity contribution is 5.61. The molecule has 0 unspecified atom stereocenters. The Morgan fingerprint density at radius 3 is 3.00 bits per heavy atom. The summed E-state index contributed by atoms with van der Waals surface area (Å²) in [4.78, 5) is 17.1. The van der Waals surface area contributed by atoms with E-state index in [1.165, 1.54) is 12.1 Å². The van der Waals surface area contributed by atoms with Gasteiger partial charge in [0.25, 0.3) is 0 Å². The first-order chi connectivity index (χ1) is 9.18. The number of benzene rings is 1. The molecule has 0 aliphatic rings. The van der Waals surface area contributed by atoms with Crippen LogP contribution in [0.1, 0.15) is 12.2 Å². The minimum atomic E-state index is -0.832. The molecule has 1 heterocycles. The second-order valence-electron chi connectivity index (χ2n) is 3.96. The standard InChI is InChI=1S/C12H13FN4O2/c13-9-3-1-4-10(12(9)17(18)19)14-6-2-5-11-15-7-8-16-11/h1,3-4,7-8,14H,2,5-6H2,(H,15,16). The van der Waals surface area contributed by atoms with Crippen LogP contribution >= 0.6 is 0 Å². The number of anilines is 1. The van der Waals surface area contributed by atoms with Gasteiger partial charge in [-0.2, -0.15) is 4.39 Å². The van der Waals surface area contributed by atoms with Crippen LogP contribution in [-0.2, 0) is 6.42 Å². The number of halogens is 1. The maximum Gasteiger partial charge on any atom is 0.327 e. The molecule has 0 fully saturated rings. The molecule has 0 bridgehead atoms. The van der Waals surface area contributed by atoms with Gasteiger partial charge in [0.2, 0.25) is 5.82 Å². The van der Waals surface area contributed by atoms with Gasteiger partial charge in [0.05, 0.1) is 4.92 Å². The smallest absolute Gasteiger partial charge is 0.327 e. The molecule has 100 valence electrons. The molecule has 1 aromatic carbocycles. The van der Waals surface area contributed by atoms with Crippen LogP contribution in [-0.4, -0.2) is 21.4 Å². The Morgan fingerprint density at radius 2 is 2.32 bits per heavy atom. The minimum Gasteiger partial charge on any atom is -0.379 e. The van der Waals surface area contributed by atoms with Crippen molar-refractivity contribution in [3.8, 4) is 0 Å². The molecule has 19 heavy (non-hydrogen) atoms. The van der Waals surface area contributed by atoms with Crippen molar-refractivity contribution < 1.29 is 9.31 Å². The average Bonchev–Trinajstić information content (AvgIpc) is 2.87. The molecule has 0 saturated carbocycles. The Morgan fingerprint density at radius 1 is 1.47 bits per heavy atom. The van der Waals surface area contributed by atoms with Crippen LogP contribution < -0.4 is 5.32 Å². The van der Waals surface area contributed by atoms with Gasteiger partial charge in [-0.25, -0.2) is 4.98 Å². The monoisotopic (exact) mass is 264 g/mol. The predicted octanol–water partition coefficient (Wildman–Crippen LogP) is 2.50. The number of imidazole rings is 1. The van der Waals surface area contributed by atoms with E-state index in [2.05, 4.69) is 15.3 Å². The number of aryl methyl sites for hydroxylation is 1. The van der Waals surface area contributed by atoms with Crippen molar-refractivity contribution in [3.63, 3.8) is 0 Å². The topological polar surface area (TPSA) is 83.8 Å². The molecule has 0 aliphatic carbocycles. The molecule has 0 saturated heterocycles. The quantitative estimate of drug-likeness (QED) is 0.477. The number of hydrogen-bond acceptors (Lipinski definition) is 4. The maximum absolute atomic E-state index is 13.3. The Bertz CT molecular complexity index is 557. The molecule has 0 spiro atoms. The summed E-state index contributed by atoms with van der Waals surface area (Å²) < 4.78 is 13.3. The zero-order chi connectivity index (χ0) is 13.7. The fourth-order valence-electron chi connectivity index (χ4n) is 1.76. The second-order valence-corrected chi connectivity index (χ2v) is 3.96. The predicted molar refractivity (Wildman–Crippen MR) is 68.5 cm³/mol. The number of nitro benzene ring substituents is 1. The lowest BCUT2D eigenvalue weighted by Gasteiger charge is -2.06. The van der Waals surface area contributed by atoms with Crippen molar-refractivity contribution in [2.75, 3.05) is 11.9 Å². The van der Waals surface area contributed by atoms with E-state index in [4.69, 9.17) is 0 Å². The highest BCUT2D eigenvalue weighted by Crippen LogP contribution is 2.26. The molecule has 1 aromatic heterocycles. The number of aromatic nitrogens is 2. The number of H-pyrrole nitrogens is 1. The van der Waals surface area contributed by atoms with E-state index in [9.17, 15) is 14.5 Å². The van der Waals surface area contributed by atoms with Gasteiger partial charge in [-0.3, -0.25) is 10.1 Å². The van der Waals surface area contributed by atoms with Crippen LogP contribution in [0.15, 0.2) is 30.6 Å². The van der Waals surface area contributed by atoms with Crippen LogP contribution in [0.2, 0.25) is 0 Å². The Hall–Kier alpha value is -2.44. The van der Waals surface area contributed by atoms with Crippen LogP contribution in [0.3, 0.4) is 0 Å². The van der Waals surface area contributed by atoms with Gasteiger partial charge < -0.3 is 10.3 Å². The van der Waals surface area contributed by atoms with Crippen LogP contribution in [0.4, 0.5) is 15.8 Å². The summed E-state index contributed by atoms with van der Waals surface area (Å²) in [5.41, 5.74) is -0.315. The van der Waals surface area contributed by atoms with Gasteiger partial charge in [-0.05, 0) is 18.6 Å². The fourth-order valence-corrected chi connectivity index (χ4v) is 1.76. The molecule has 0 aliphatic heterocycles. The first-order valence-electron chi connectivity index (χ1n) is 5.83. The molecule has 2 rings (SSSR count). The summed E-state index contributed by atoms with van der Waals surface area (Å²) in [6.45, 7) is 0.505. The Kier molecular flexibility index (Phi) is 4.07. The average molecular weight is 264 g/mol. The van der Waals surface area contributed by atoms with Crippen molar-refractivity contribution in [3.05, 3.63) is 52.3 Å². The normalized spacial score (nSPS) is 10.4. The summed E-state index contributed by atoms with van der Waals surface area (Å²) >= 11 is 0. The van der Waals surface area contributed by atoms with Gasteiger partial charge in [0.15, 0.2) is 0 Å². The van der Waals surface area contributed by atoms with Crippen molar-refractivity contribution >= 4 is 11.4 Å². The lowest BCUT2D eigenvalue weighted by atomic mass is 10.2. The largest absolute Gasteiger partial charge is 0.379 e. The second kappa shape index (κ2) is 5.94. The summed E-state index contributed by atoms with van der Waals surface area (Å²) in [6, 6.07) is 4.01. The third-order valence-corrected chi connectivity index (χ3v) is 2.63. The lowest BCUT2D eigenvalue weighted by Crippen LogP contribution is -2.06. The molecule has 0 amide bonds. The van der Waals surface area contributed by atoms with E-state index in [-0.39, 0.29) is 5.69 Å². The van der Waals surface area contributed by atoms with Crippen molar-refractivity contribution in [1.29, 1.82) is 0 Å². The van der Waals surface area contributed by atoms with E-state index in [0.29, 0.717) is 6.54 Å². The molecule has 7 heteroatoms. The van der Waals surface area contributed by atoms with E-state index in [1.54, 1.807) is 12.4 Å². The van der Waals surface area contributed by atoms with Gasteiger partial charge in [-0.15, -0.1) is 0 Å². The van der Waals surface area contributed by atoms with E-state index in [1.807, 2.05) is 0 Å². The number of nitro groups is 1. The maximum atomic E-state index is 13.3. The molecule has 0 radical (unpaired) electrons. The Balaban J connectivity index is 1.92. The first kappa shape index (κ1) is 13.0. The summed E-state index contributed by atoms with van der Waals surface area (Å²) in [7, 11) is 0. The summed E-state index contributed by atoms with van der Waals surface area (Å²) in [6.07, 6.45) is 4.87. The highest BCUT2D eigenvalue weighted by Gasteiger charge is 2.19. The van der Waals surface area contributed by atoms with Gasteiger partial charge >= 0.3 is 5.69 Å². The lowest BCUT2D eigenvalue weighted by molar-refractivity contribution is -0.386. The molecular weight excluding hydrogens is 251 g/mol. The van der Waals surface area contributed by atoms with Gasteiger partial charge in [0, 0.05) is 25.4 Å². The molecule has 0 atom stereocenters. The fraction of sp³-hybridized carbons (Fsp3) is 0.250. The number of nitrogens with zero attached hydrogens (tertiary/aromatic N) is 2. The first-order valence-corrected chi connectivity index (χ1v) is 5.83. The van der Waals surface area contributed by atoms with Gasteiger partial charge in [0.1, 0.15) is 11.5 Å². The highest BCUT2D eigenvalue weighted by atomic mass is 19.1. The Labute approximate surface area is 108 Å². The number of para-hydroxylation sites is 1.